The standard InChI is InChI=1S/C22H21N3O6S/c1-15-12-20(24-31-15)23-21(26)14-30-22(27)17-6-8-19(9-7-17)32(28,29)25-11-10-16-4-2-3-5-18(16)13-25/h2-9,12H,10-11,13-14H2,1H3,(H,23,24,26). The number of carbonyl (C=O) groups excluding carboxylic acids is 2. The number of hydrogen-bond acceptors (Lipinski definition) is 7. The van der Waals surface area contributed by atoms with Crippen LogP contribution in [0.5, 0.6) is 0 Å². The fraction of sp³-hybridized carbons (Fsp3) is 0.227. The predicted molar refractivity (Wildman–Crippen MR) is 114 cm³/mol. The summed E-state index contributed by atoms with van der Waals surface area (Å²) >= 11 is 0. The molecule has 1 aliphatic heterocycles. The summed E-state index contributed by atoms with van der Waals surface area (Å²) in [6.45, 7) is 1.86. The van der Waals surface area contributed by atoms with E-state index in [9.17, 15) is 18.0 Å². The van der Waals surface area contributed by atoms with E-state index in [2.05, 4.69) is 10.5 Å². The van der Waals surface area contributed by atoms with Crippen molar-refractivity contribution in [1.82, 2.24) is 9.46 Å². The molecule has 0 saturated heterocycles. The van der Waals surface area contributed by atoms with Gasteiger partial charge in [0, 0.05) is 19.2 Å². The van der Waals surface area contributed by atoms with Crippen molar-refractivity contribution < 1.29 is 27.3 Å². The third-order valence-corrected chi connectivity index (χ3v) is 6.91. The summed E-state index contributed by atoms with van der Waals surface area (Å²) in [4.78, 5) is 24.2. The number of aromatic nitrogens is 1. The van der Waals surface area contributed by atoms with Crippen LogP contribution < -0.4 is 5.32 Å². The Bertz CT molecular complexity index is 1250. The third kappa shape index (κ3) is 4.71. The van der Waals surface area contributed by atoms with Gasteiger partial charge in [-0.25, -0.2) is 13.2 Å². The minimum Gasteiger partial charge on any atom is -0.452 e. The lowest BCUT2D eigenvalue weighted by molar-refractivity contribution is -0.119. The minimum absolute atomic E-state index is 0.0903. The Kier molecular flexibility index (Phi) is 6.06. The number of nitrogens with zero attached hydrogens (tertiary/aromatic N) is 2. The van der Waals surface area contributed by atoms with Crippen LogP contribution >= 0.6 is 0 Å². The quantitative estimate of drug-likeness (QED) is 0.567. The van der Waals surface area contributed by atoms with Crippen molar-refractivity contribution in [2.45, 2.75) is 24.8 Å². The number of hydrogen-bond donors (Lipinski definition) is 1. The number of ether oxygens (including phenoxy) is 1. The zero-order valence-corrected chi connectivity index (χ0v) is 18.1. The zero-order valence-electron chi connectivity index (χ0n) is 17.3. The van der Waals surface area contributed by atoms with E-state index in [1.54, 1.807) is 6.92 Å². The number of rotatable bonds is 6. The molecule has 2 heterocycles. The zero-order chi connectivity index (χ0) is 22.7. The van der Waals surface area contributed by atoms with Crippen LogP contribution in [0.25, 0.3) is 0 Å². The lowest BCUT2D eigenvalue weighted by Crippen LogP contribution is -2.35. The first-order valence-electron chi connectivity index (χ1n) is 9.90. The molecule has 1 N–H and O–H groups in total. The van der Waals surface area contributed by atoms with Gasteiger partial charge < -0.3 is 14.6 Å². The monoisotopic (exact) mass is 455 g/mol. The van der Waals surface area contributed by atoms with Crippen molar-refractivity contribution in [3.63, 3.8) is 0 Å². The fourth-order valence-electron chi connectivity index (χ4n) is 3.41. The van der Waals surface area contributed by atoms with Crippen LogP contribution in [0.3, 0.4) is 0 Å². The van der Waals surface area contributed by atoms with E-state index in [1.165, 1.54) is 34.6 Å². The number of benzene rings is 2. The van der Waals surface area contributed by atoms with Crippen LogP contribution in [-0.2, 0) is 32.5 Å². The Hall–Kier alpha value is -3.50. The maximum Gasteiger partial charge on any atom is 0.338 e. The number of anilines is 1. The summed E-state index contributed by atoms with van der Waals surface area (Å²) in [6, 6.07) is 14.8. The molecule has 0 saturated carbocycles. The van der Waals surface area contributed by atoms with Crippen LogP contribution in [0, 0.1) is 6.92 Å². The molecule has 4 rings (SSSR count). The molecule has 166 valence electrons. The van der Waals surface area contributed by atoms with Crippen molar-refractivity contribution in [1.29, 1.82) is 0 Å². The largest absolute Gasteiger partial charge is 0.452 e. The molecule has 3 aromatic rings. The number of nitrogens with one attached hydrogen (secondary N) is 1. The van der Waals surface area contributed by atoms with E-state index in [1.807, 2.05) is 24.3 Å². The first-order valence-corrected chi connectivity index (χ1v) is 11.3. The number of carbonyl (C=O) groups is 2. The Morgan fingerprint density at radius 3 is 2.53 bits per heavy atom. The highest BCUT2D eigenvalue weighted by atomic mass is 32.2. The van der Waals surface area contributed by atoms with E-state index in [0.29, 0.717) is 25.3 Å². The average Bonchev–Trinajstić information content (AvgIpc) is 3.21. The van der Waals surface area contributed by atoms with Gasteiger partial charge in [0.15, 0.2) is 12.4 Å². The van der Waals surface area contributed by atoms with Crippen LogP contribution in [0.1, 0.15) is 27.2 Å². The Labute approximate surface area is 185 Å². The highest BCUT2D eigenvalue weighted by Gasteiger charge is 2.28. The Morgan fingerprint density at radius 1 is 1.12 bits per heavy atom. The van der Waals surface area contributed by atoms with Gasteiger partial charge in [-0.3, -0.25) is 4.79 Å². The summed E-state index contributed by atoms with van der Waals surface area (Å²) in [5.74, 6) is -0.567. The van der Waals surface area contributed by atoms with Gasteiger partial charge in [0.05, 0.1) is 10.5 Å². The van der Waals surface area contributed by atoms with Crippen LogP contribution in [0.15, 0.2) is 64.0 Å². The van der Waals surface area contributed by atoms with Gasteiger partial charge >= 0.3 is 5.97 Å². The molecule has 0 atom stereocenters. The van der Waals surface area contributed by atoms with Gasteiger partial charge in [-0.1, -0.05) is 29.4 Å². The molecule has 1 aromatic heterocycles. The average molecular weight is 455 g/mol. The lowest BCUT2D eigenvalue weighted by atomic mass is 10.0. The van der Waals surface area contributed by atoms with Gasteiger partial charge in [-0.2, -0.15) is 4.31 Å². The fourth-order valence-corrected chi connectivity index (χ4v) is 4.82. The molecule has 9 nitrogen and oxygen atoms in total. The number of fused-ring (bicyclic) bond motifs is 1. The van der Waals surface area contributed by atoms with Gasteiger partial charge in [0.1, 0.15) is 5.76 Å². The number of amides is 1. The second kappa shape index (κ2) is 8.93. The van der Waals surface area contributed by atoms with Crippen molar-refractivity contribution >= 4 is 27.7 Å². The lowest BCUT2D eigenvalue weighted by Gasteiger charge is -2.28. The molecule has 2 aromatic carbocycles. The SMILES string of the molecule is Cc1cc(NC(=O)COC(=O)c2ccc(S(=O)(=O)N3CCc4ccccc4C3)cc2)no1. The molecular formula is C22H21N3O6S. The predicted octanol–water partition coefficient (Wildman–Crippen LogP) is 2.53. The maximum atomic E-state index is 13.0. The number of sulfonamides is 1. The van der Waals surface area contributed by atoms with Gasteiger partial charge in [-0.15, -0.1) is 0 Å². The van der Waals surface area contributed by atoms with E-state index in [-0.39, 0.29) is 16.3 Å². The molecule has 1 aliphatic rings. The number of esters is 1. The second-order valence-corrected chi connectivity index (χ2v) is 9.27. The summed E-state index contributed by atoms with van der Waals surface area (Å²) in [5, 5.41) is 6.05. The molecule has 0 aliphatic carbocycles. The van der Waals surface area contributed by atoms with E-state index >= 15 is 0 Å². The highest BCUT2D eigenvalue weighted by Crippen LogP contribution is 2.25. The first kappa shape index (κ1) is 21.7. The molecule has 0 unspecified atom stereocenters. The molecule has 1 amide bonds. The smallest absolute Gasteiger partial charge is 0.338 e. The van der Waals surface area contributed by atoms with Crippen molar-refractivity contribution in [2.24, 2.45) is 0 Å². The van der Waals surface area contributed by atoms with Crippen molar-refractivity contribution in [3.8, 4) is 0 Å². The Morgan fingerprint density at radius 2 is 1.84 bits per heavy atom. The van der Waals surface area contributed by atoms with Crippen molar-refractivity contribution in [3.05, 3.63) is 77.0 Å². The van der Waals surface area contributed by atoms with Gasteiger partial charge in [0.2, 0.25) is 10.0 Å². The number of aryl methyl sites for hydroxylation is 1. The normalized spacial score (nSPS) is 13.9. The molecule has 10 heteroatoms. The maximum absolute atomic E-state index is 13.0. The molecule has 0 fully saturated rings. The minimum atomic E-state index is -3.70. The summed E-state index contributed by atoms with van der Waals surface area (Å²) in [6.07, 6.45) is 0.649. The summed E-state index contributed by atoms with van der Waals surface area (Å²) < 4.78 is 37.3. The van der Waals surface area contributed by atoms with Gasteiger partial charge in [-0.05, 0) is 48.7 Å². The highest BCUT2D eigenvalue weighted by molar-refractivity contribution is 7.89. The van der Waals surface area contributed by atoms with Crippen molar-refractivity contribution in [2.75, 3.05) is 18.5 Å². The molecule has 32 heavy (non-hydrogen) atoms. The topological polar surface area (TPSA) is 119 Å². The second-order valence-electron chi connectivity index (χ2n) is 7.33. The van der Waals surface area contributed by atoms with E-state index in [0.717, 1.165) is 11.1 Å². The summed E-state index contributed by atoms with van der Waals surface area (Å²) in [7, 11) is -3.70. The molecular weight excluding hydrogens is 434 g/mol. The van der Waals surface area contributed by atoms with E-state index < -0.39 is 28.5 Å². The summed E-state index contributed by atoms with van der Waals surface area (Å²) in [5.41, 5.74) is 2.28. The molecule has 0 bridgehead atoms. The van der Waals surface area contributed by atoms with E-state index in [4.69, 9.17) is 9.26 Å². The van der Waals surface area contributed by atoms with Crippen LogP contribution in [0.4, 0.5) is 5.82 Å². The van der Waals surface area contributed by atoms with Gasteiger partial charge in [0.25, 0.3) is 5.91 Å². The molecule has 0 spiro atoms. The Balaban J connectivity index is 1.37. The van der Waals surface area contributed by atoms with Crippen LogP contribution in [-0.4, -0.2) is 42.9 Å². The van der Waals surface area contributed by atoms with Crippen LogP contribution in [0.2, 0.25) is 0 Å². The third-order valence-electron chi connectivity index (χ3n) is 5.05. The molecule has 0 radical (unpaired) electrons. The first-order chi connectivity index (χ1) is 15.3.